The van der Waals surface area contributed by atoms with Crippen LogP contribution in [0, 0.1) is 5.41 Å². The van der Waals surface area contributed by atoms with Crippen LogP contribution >= 0.6 is 0 Å². The summed E-state index contributed by atoms with van der Waals surface area (Å²) in [5.74, 6) is -0.185. The van der Waals surface area contributed by atoms with E-state index in [9.17, 15) is 5.11 Å². The predicted octanol–water partition coefficient (Wildman–Crippen LogP) is 0.362. The standard InChI is InChI=1S/C8H10N2O2/c9-8(10)7(12)5-1-3-6(11)4-2-5/h1-4,7,11-12H,(H3,9,10)/t7-/m0/s1. The smallest absolute Gasteiger partial charge is 0.135 e. The van der Waals surface area contributed by atoms with E-state index < -0.39 is 6.10 Å². The highest BCUT2D eigenvalue weighted by molar-refractivity contribution is 5.82. The summed E-state index contributed by atoms with van der Waals surface area (Å²) in [6.45, 7) is 0. The molecule has 1 rings (SSSR count). The summed E-state index contributed by atoms with van der Waals surface area (Å²) in [6.07, 6.45) is -1.08. The second-order valence-electron chi connectivity index (χ2n) is 2.45. The molecule has 0 heterocycles. The molecule has 0 aliphatic rings. The Morgan fingerprint density at radius 2 is 1.83 bits per heavy atom. The molecule has 12 heavy (non-hydrogen) atoms. The summed E-state index contributed by atoms with van der Waals surface area (Å²) < 4.78 is 0. The first kappa shape index (κ1) is 8.55. The van der Waals surface area contributed by atoms with Gasteiger partial charge < -0.3 is 15.9 Å². The maximum Gasteiger partial charge on any atom is 0.135 e. The third-order valence-electron chi connectivity index (χ3n) is 1.50. The van der Waals surface area contributed by atoms with Gasteiger partial charge >= 0.3 is 0 Å². The van der Waals surface area contributed by atoms with E-state index in [1.807, 2.05) is 0 Å². The summed E-state index contributed by atoms with van der Waals surface area (Å²) >= 11 is 0. The molecule has 0 radical (unpaired) electrons. The van der Waals surface area contributed by atoms with Crippen molar-refractivity contribution in [2.45, 2.75) is 6.10 Å². The normalized spacial score (nSPS) is 12.4. The predicted molar refractivity (Wildman–Crippen MR) is 45.0 cm³/mol. The molecule has 1 aromatic rings. The van der Waals surface area contributed by atoms with Crippen LogP contribution in [0.4, 0.5) is 0 Å². The Kier molecular flexibility index (Phi) is 2.30. The third-order valence-corrected chi connectivity index (χ3v) is 1.50. The van der Waals surface area contributed by atoms with Crippen LogP contribution in [0.15, 0.2) is 24.3 Å². The molecule has 0 amide bonds. The molecule has 0 saturated heterocycles. The number of aromatic hydroxyl groups is 1. The van der Waals surface area contributed by atoms with Gasteiger partial charge in [0.05, 0.1) is 0 Å². The van der Waals surface area contributed by atoms with Crippen molar-refractivity contribution in [1.82, 2.24) is 0 Å². The zero-order chi connectivity index (χ0) is 9.14. The largest absolute Gasteiger partial charge is 0.508 e. The lowest BCUT2D eigenvalue weighted by Gasteiger charge is -2.07. The second kappa shape index (κ2) is 3.23. The lowest BCUT2D eigenvalue weighted by molar-refractivity contribution is 0.245. The van der Waals surface area contributed by atoms with E-state index in [2.05, 4.69) is 0 Å². The average Bonchev–Trinajstić information content (AvgIpc) is 2.04. The first-order valence-corrected chi connectivity index (χ1v) is 3.42. The van der Waals surface area contributed by atoms with Gasteiger partial charge in [-0.15, -0.1) is 0 Å². The molecular weight excluding hydrogens is 156 g/mol. The Hall–Kier alpha value is -1.55. The fourth-order valence-corrected chi connectivity index (χ4v) is 0.836. The zero-order valence-corrected chi connectivity index (χ0v) is 6.36. The molecule has 0 aliphatic carbocycles. The Morgan fingerprint density at radius 1 is 1.33 bits per heavy atom. The number of hydrogen-bond donors (Lipinski definition) is 4. The van der Waals surface area contributed by atoms with Crippen molar-refractivity contribution in [2.24, 2.45) is 5.73 Å². The van der Waals surface area contributed by atoms with Gasteiger partial charge in [-0.25, -0.2) is 0 Å². The number of rotatable bonds is 2. The van der Waals surface area contributed by atoms with Crippen molar-refractivity contribution in [3.63, 3.8) is 0 Å². The van der Waals surface area contributed by atoms with Crippen LogP contribution in [-0.4, -0.2) is 16.0 Å². The fourth-order valence-electron chi connectivity index (χ4n) is 0.836. The molecule has 0 aromatic heterocycles. The number of phenolic OH excluding ortho intramolecular Hbond substituents is 1. The lowest BCUT2D eigenvalue weighted by Crippen LogP contribution is -2.19. The minimum atomic E-state index is -1.08. The number of phenols is 1. The highest BCUT2D eigenvalue weighted by atomic mass is 16.3. The van der Waals surface area contributed by atoms with Gasteiger partial charge in [-0.1, -0.05) is 12.1 Å². The van der Waals surface area contributed by atoms with Crippen LogP contribution in [0.1, 0.15) is 11.7 Å². The molecular formula is C8H10N2O2. The number of aliphatic hydroxyl groups is 1. The molecule has 64 valence electrons. The Morgan fingerprint density at radius 3 is 2.25 bits per heavy atom. The molecule has 5 N–H and O–H groups in total. The summed E-state index contributed by atoms with van der Waals surface area (Å²) in [7, 11) is 0. The van der Waals surface area contributed by atoms with Crippen molar-refractivity contribution in [1.29, 1.82) is 5.41 Å². The van der Waals surface area contributed by atoms with Crippen molar-refractivity contribution < 1.29 is 10.2 Å². The van der Waals surface area contributed by atoms with Gasteiger partial charge in [0.25, 0.3) is 0 Å². The van der Waals surface area contributed by atoms with Crippen LogP contribution in [-0.2, 0) is 0 Å². The molecule has 0 spiro atoms. The Labute approximate surface area is 69.8 Å². The molecule has 1 aromatic carbocycles. The average molecular weight is 166 g/mol. The van der Waals surface area contributed by atoms with Crippen molar-refractivity contribution >= 4 is 5.84 Å². The quantitative estimate of drug-likeness (QED) is 0.377. The minimum absolute atomic E-state index is 0.120. The van der Waals surface area contributed by atoms with Gasteiger partial charge in [0.1, 0.15) is 17.7 Å². The number of aliphatic hydroxyl groups excluding tert-OH is 1. The van der Waals surface area contributed by atoms with Gasteiger partial charge in [0.15, 0.2) is 0 Å². The summed E-state index contributed by atoms with van der Waals surface area (Å²) in [6, 6.07) is 5.89. The van der Waals surface area contributed by atoms with E-state index in [0.717, 1.165) is 0 Å². The lowest BCUT2D eigenvalue weighted by atomic mass is 10.1. The maximum atomic E-state index is 9.26. The van der Waals surface area contributed by atoms with Crippen molar-refractivity contribution in [2.75, 3.05) is 0 Å². The van der Waals surface area contributed by atoms with Crippen LogP contribution in [0.3, 0.4) is 0 Å². The minimum Gasteiger partial charge on any atom is -0.508 e. The molecule has 0 unspecified atom stereocenters. The Balaban J connectivity index is 2.89. The van der Waals surface area contributed by atoms with E-state index in [-0.39, 0.29) is 11.6 Å². The molecule has 4 nitrogen and oxygen atoms in total. The summed E-state index contributed by atoms with van der Waals surface area (Å²) in [5, 5.41) is 25.1. The Bertz CT molecular complexity index is 282. The van der Waals surface area contributed by atoms with Gasteiger partial charge in [-0.05, 0) is 17.7 Å². The van der Waals surface area contributed by atoms with E-state index in [1.54, 1.807) is 0 Å². The molecule has 0 saturated carbocycles. The number of nitrogens with two attached hydrogens (primary N) is 1. The first-order valence-electron chi connectivity index (χ1n) is 3.42. The van der Waals surface area contributed by atoms with Crippen LogP contribution in [0.25, 0.3) is 0 Å². The highest BCUT2D eigenvalue weighted by Crippen LogP contribution is 2.15. The maximum absolute atomic E-state index is 9.26. The topological polar surface area (TPSA) is 90.3 Å². The van der Waals surface area contributed by atoms with E-state index in [0.29, 0.717) is 5.56 Å². The molecule has 4 heteroatoms. The molecule has 0 fully saturated rings. The summed E-state index contributed by atoms with van der Waals surface area (Å²) in [4.78, 5) is 0. The number of amidine groups is 1. The SMILES string of the molecule is N=C(N)[C@@H](O)c1ccc(O)cc1. The van der Waals surface area contributed by atoms with Gasteiger partial charge in [0.2, 0.25) is 0 Å². The van der Waals surface area contributed by atoms with E-state index in [1.165, 1.54) is 24.3 Å². The second-order valence-corrected chi connectivity index (χ2v) is 2.45. The van der Waals surface area contributed by atoms with Crippen molar-refractivity contribution in [3.05, 3.63) is 29.8 Å². The van der Waals surface area contributed by atoms with Gasteiger partial charge in [0, 0.05) is 0 Å². The first-order chi connectivity index (χ1) is 5.61. The molecule has 1 atom stereocenters. The van der Waals surface area contributed by atoms with Crippen LogP contribution < -0.4 is 5.73 Å². The highest BCUT2D eigenvalue weighted by Gasteiger charge is 2.09. The number of benzene rings is 1. The molecule has 0 aliphatic heterocycles. The van der Waals surface area contributed by atoms with Crippen LogP contribution in [0.5, 0.6) is 5.75 Å². The number of nitrogens with one attached hydrogen (secondary N) is 1. The third kappa shape index (κ3) is 1.73. The summed E-state index contributed by atoms with van der Waals surface area (Å²) in [5.41, 5.74) is 5.58. The van der Waals surface area contributed by atoms with Crippen molar-refractivity contribution in [3.8, 4) is 5.75 Å². The van der Waals surface area contributed by atoms with Gasteiger partial charge in [-0.2, -0.15) is 0 Å². The van der Waals surface area contributed by atoms with Gasteiger partial charge in [-0.3, -0.25) is 5.41 Å². The number of hydrogen-bond acceptors (Lipinski definition) is 3. The van der Waals surface area contributed by atoms with Crippen LogP contribution in [0.2, 0.25) is 0 Å². The van der Waals surface area contributed by atoms with E-state index >= 15 is 0 Å². The molecule has 0 bridgehead atoms. The fraction of sp³-hybridized carbons (Fsp3) is 0.125. The zero-order valence-electron chi connectivity index (χ0n) is 6.36. The van der Waals surface area contributed by atoms with E-state index in [4.69, 9.17) is 16.2 Å². The monoisotopic (exact) mass is 166 g/mol.